The lowest BCUT2D eigenvalue weighted by molar-refractivity contribution is -0.127. The van der Waals surface area contributed by atoms with E-state index in [0.717, 1.165) is 18.5 Å². The molecule has 3 rings (SSSR count). The fourth-order valence-corrected chi connectivity index (χ4v) is 3.72. The fraction of sp³-hybridized carbons (Fsp3) is 0.600. The number of anilines is 1. The molecule has 1 N–H and O–H groups in total. The van der Waals surface area contributed by atoms with Crippen molar-refractivity contribution in [2.45, 2.75) is 64.5 Å². The molecule has 0 spiro atoms. The van der Waals surface area contributed by atoms with Gasteiger partial charge in [-0.25, -0.2) is 0 Å². The van der Waals surface area contributed by atoms with Crippen LogP contribution in [-0.4, -0.2) is 30.5 Å². The smallest absolute Gasteiger partial charge is 0.227 e. The number of ether oxygens (including phenoxy) is 1. The molecule has 1 unspecified atom stereocenters. The molecule has 0 aromatic heterocycles. The average Bonchev–Trinajstić information content (AvgIpc) is 2.98. The molecule has 0 radical (unpaired) electrons. The number of hydrogen-bond acceptors (Lipinski definition) is 3. The van der Waals surface area contributed by atoms with Crippen molar-refractivity contribution < 1.29 is 14.3 Å². The van der Waals surface area contributed by atoms with Crippen molar-refractivity contribution in [1.29, 1.82) is 0 Å². The van der Waals surface area contributed by atoms with E-state index in [4.69, 9.17) is 4.74 Å². The van der Waals surface area contributed by atoms with Crippen LogP contribution in [0.1, 0.15) is 52.4 Å². The molecule has 1 aromatic rings. The number of para-hydroxylation sites is 2. The van der Waals surface area contributed by atoms with E-state index in [9.17, 15) is 9.59 Å². The maximum Gasteiger partial charge on any atom is 0.227 e. The summed E-state index contributed by atoms with van der Waals surface area (Å²) >= 11 is 0. The Morgan fingerprint density at radius 3 is 2.64 bits per heavy atom. The molecule has 2 fully saturated rings. The summed E-state index contributed by atoms with van der Waals surface area (Å²) in [5.74, 6) is 0.425. The summed E-state index contributed by atoms with van der Waals surface area (Å²) in [4.78, 5) is 26.8. The number of rotatable bonds is 5. The summed E-state index contributed by atoms with van der Waals surface area (Å²) in [7, 11) is 0. The Morgan fingerprint density at radius 2 is 1.92 bits per heavy atom. The first-order valence-electron chi connectivity index (χ1n) is 9.41. The summed E-state index contributed by atoms with van der Waals surface area (Å²) in [6.45, 7) is 4.35. The molecule has 0 bridgehead atoms. The van der Waals surface area contributed by atoms with Gasteiger partial charge in [0.1, 0.15) is 5.75 Å². The van der Waals surface area contributed by atoms with Crippen molar-refractivity contribution in [3.63, 3.8) is 0 Å². The van der Waals surface area contributed by atoms with Gasteiger partial charge in [-0.3, -0.25) is 9.59 Å². The first-order chi connectivity index (χ1) is 12.0. The van der Waals surface area contributed by atoms with Crippen molar-refractivity contribution in [3.05, 3.63) is 24.3 Å². The van der Waals surface area contributed by atoms with Gasteiger partial charge in [0.2, 0.25) is 11.8 Å². The molecular weight excluding hydrogens is 316 g/mol. The van der Waals surface area contributed by atoms with Gasteiger partial charge < -0.3 is 15.0 Å². The van der Waals surface area contributed by atoms with Crippen molar-refractivity contribution in [2.75, 3.05) is 11.4 Å². The van der Waals surface area contributed by atoms with Crippen LogP contribution in [0.25, 0.3) is 0 Å². The Morgan fingerprint density at radius 1 is 1.20 bits per heavy atom. The predicted octanol–water partition coefficient (Wildman–Crippen LogP) is 3.28. The third-order valence-corrected chi connectivity index (χ3v) is 4.97. The van der Waals surface area contributed by atoms with Crippen LogP contribution in [0.5, 0.6) is 5.75 Å². The second-order valence-electron chi connectivity index (χ2n) is 7.38. The van der Waals surface area contributed by atoms with Crippen molar-refractivity contribution in [2.24, 2.45) is 5.92 Å². The van der Waals surface area contributed by atoms with Crippen LogP contribution in [0.4, 0.5) is 5.69 Å². The third kappa shape index (κ3) is 4.33. The Balaban J connectivity index is 1.67. The highest BCUT2D eigenvalue weighted by Crippen LogP contribution is 2.33. The summed E-state index contributed by atoms with van der Waals surface area (Å²) in [6.07, 6.45) is 6.04. The van der Waals surface area contributed by atoms with Gasteiger partial charge in [0.25, 0.3) is 0 Å². The quantitative estimate of drug-likeness (QED) is 0.892. The number of carbonyl (C=O) groups is 2. The van der Waals surface area contributed by atoms with E-state index in [-0.39, 0.29) is 36.3 Å². The zero-order chi connectivity index (χ0) is 17.8. The lowest BCUT2D eigenvalue weighted by Gasteiger charge is -2.24. The van der Waals surface area contributed by atoms with E-state index in [2.05, 4.69) is 5.32 Å². The molecule has 136 valence electrons. The number of hydrogen-bond donors (Lipinski definition) is 1. The molecule has 1 aromatic carbocycles. The standard InChI is InChI=1S/C20H28N2O3/c1-14(2)25-18-11-7-6-10-17(18)22-13-15(12-19(22)23)20(24)21-16-8-4-3-5-9-16/h6-7,10-11,14-16H,3-5,8-9,12-13H2,1-2H3,(H,21,24). The van der Waals surface area contributed by atoms with Crippen LogP contribution in [-0.2, 0) is 9.59 Å². The van der Waals surface area contributed by atoms with E-state index in [1.165, 1.54) is 19.3 Å². The van der Waals surface area contributed by atoms with E-state index in [1.54, 1.807) is 4.90 Å². The second kappa shape index (κ2) is 7.89. The normalized spacial score (nSPS) is 21.6. The molecule has 2 amide bonds. The highest BCUT2D eigenvalue weighted by molar-refractivity contribution is 6.01. The lowest BCUT2D eigenvalue weighted by Crippen LogP contribution is -2.40. The molecule has 1 aliphatic carbocycles. The number of nitrogens with one attached hydrogen (secondary N) is 1. The number of carbonyl (C=O) groups excluding carboxylic acids is 2. The van der Waals surface area contributed by atoms with E-state index < -0.39 is 0 Å². The molecular formula is C20H28N2O3. The number of benzene rings is 1. The largest absolute Gasteiger partial charge is 0.489 e. The predicted molar refractivity (Wildman–Crippen MR) is 97.7 cm³/mol. The van der Waals surface area contributed by atoms with Crippen LogP contribution in [0.3, 0.4) is 0 Å². The summed E-state index contributed by atoms with van der Waals surface area (Å²) < 4.78 is 5.83. The summed E-state index contributed by atoms with van der Waals surface area (Å²) in [6, 6.07) is 7.83. The summed E-state index contributed by atoms with van der Waals surface area (Å²) in [5, 5.41) is 3.15. The van der Waals surface area contributed by atoms with Crippen molar-refractivity contribution in [3.8, 4) is 5.75 Å². The molecule has 1 heterocycles. The Labute approximate surface area is 149 Å². The van der Waals surface area contributed by atoms with E-state index in [1.807, 2.05) is 38.1 Å². The zero-order valence-electron chi connectivity index (χ0n) is 15.2. The van der Waals surface area contributed by atoms with Gasteiger partial charge in [0, 0.05) is 19.0 Å². The molecule has 5 nitrogen and oxygen atoms in total. The van der Waals surface area contributed by atoms with Gasteiger partial charge in [-0.05, 0) is 38.8 Å². The molecule has 1 saturated heterocycles. The monoisotopic (exact) mass is 344 g/mol. The van der Waals surface area contributed by atoms with Gasteiger partial charge in [-0.1, -0.05) is 31.4 Å². The Kier molecular flexibility index (Phi) is 5.61. The van der Waals surface area contributed by atoms with Crippen LogP contribution >= 0.6 is 0 Å². The minimum atomic E-state index is -0.276. The molecule has 1 saturated carbocycles. The second-order valence-corrected chi connectivity index (χ2v) is 7.38. The van der Waals surface area contributed by atoms with E-state index in [0.29, 0.717) is 12.3 Å². The molecule has 1 aliphatic heterocycles. The minimum Gasteiger partial charge on any atom is -0.489 e. The van der Waals surface area contributed by atoms with Crippen molar-refractivity contribution in [1.82, 2.24) is 5.32 Å². The summed E-state index contributed by atoms with van der Waals surface area (Å²) in [5.41, 5.74) is 0.758. The first-order valence-corrected chi connectivity index (χ1v) is 9.41. The van der Waals surface area contributed by atoms with Crippen molar-refractivity contribution >= 4 is 17.5 Å². The topological polar surface area (TPSA) is 58.6 Å². The highest BCUT2D eigenvalue weighted by atomic mass is 16.5. The maximum atomic E-state index is 12.6. The highest BCUT2D eigenvalue weighted by Gasteiger charge is 2.37. The number of nitrogens with zero attached hydrogens (tertiary/aromatic N) is 1. The van der Waals surface area contributed by atoms with Crippen LogP contribution in [0, 0.1) is 5.92 Å². The minimum absolute atomic E-state index is 0.0106. The molecule has 1 atom stereocenters. The van der Waals surface area contributed by atoms with Crippen LogP contribution in [0.2, 0.25) is 0 Å². The lowest BCUT2D eigenvalue weighted by atomic mass is 9.95. The molecule has 2 aliphatic rings. The average molecular weight is 344 g/mol. The van der Waals surface area contributed by atoms with Crippen LogP contribution in [0.15, 0.2) is 24.3 Å². The molecule has 5 heteroatoms. The van der Waals surface area contributed by atoms with Gasteiger partial charge in [-0.15, -0.1) is 0 Å². The maximum absolute atomic E-state index is 12.6. The molecule has 25 heavy (non-hydrogen) atoms. The Bertz CT molecular complexity index is 623. The fourth-order valence-electron chi connectivity index (χ4n) is 3.72. The zero-order valence-corrected chi connectivity index (χ0v) is 15.2. The van der Waals surface area contributed by atoms with Gasteiger partial charge in [0.15, 0.2) is 0 Å². The van der Waals surface area contributed by atoms with Gasteiger partial charge >= 0.3 is 0 Å². The Hall–Kier alpha value is -2.04. The van der Waals surface area contributed by atoms with Gasteiger partial charge in [0.05, 0.1) is 17.7 Å². The van der Waals surface area contributed by atoms with Crippen LogP contribution < -0.4 is 15.0 Å². The van der Waals surface area contributed by atoms with Gasteiger partial charge in [-0.2, -0.15) is 0 Å². The number of amides is 2. The van der Waals surface area contributed by atoms with E-state index >= 15 is 0 Å². The SMILES string of the molecule is CC(C)Oc1ccccc1N1CC(C(=O)NC2CCCCC2)CC1=O. The first kappa shape index (κ1) is 17.8. The third-order valence-electron chi connectivity index (χ3n) is 4.97.